The molecule has 1 N–H and O–H groups in total. The zero-order valence-corrected chi connectivity index (χ0v) is 19.6. The summed E-state index contributed by atoms with van der Waals surface area (Å²) in [5.41, 5.74) is 2.69. The number of likely N-dealkylation sites (tertiary alicyclic amines) is 1. The highest BCUT2D eigenvalue weighted by Gasteiger charge is 2.17. The maximum Gasteiger partial charge on any atom is 0.255 e. The number of carbonyl (C=O) groups excluding carboxylic acids is 1. The van der Waals surface area contributed by atoms with Crippen LogP contribution in [0.5, 0.6) is 5.75 Å². The van der Waals surface area contributed by atoms with Crippen molar-refractivity contribution in [2.24, 2.45) is 7.05 Å². The molecule has 1 aliphatic rings. The van der Waals surface area contributed by atoms with Gasteiger partial charge in [-0.25, -0.2) is 4.39 Å². The van der Waals surface area contributed by atoms with Crippen LogP contribution in [0.2, 0.25) is 0 Å². The van der Waals surface area contributed by atoms with E-state index in [-0.39, 0.29) is 11.7 Å². The molecule has 0 aliphatic carbocycles. The van der Waals surface area contributed by atoms with Crippen LogP contribution in [0.4, 0.5) is 10.1 Å². The second kappa shape index (κ2) is 10.3. The van der Waals surface area contributed by atoms with Gasteiger partial charge < -0.3 is 10.1 Å². The number of aromatic nitrogens is 2. The van der Waals surface area contributed by atoms with E-state index in [1.54, 1.807) is 10.9 Å². The SMILES string of the molecule is Cn1ncc(Br)c1-c1cc(NC(=O)c2ccc(F)cc2)ccc1OCCN1CCCCC1. The molecule has 32 heavy (non-hydrogen) atoms. The van der Waals surface area contributed by atoms with Crippen LogP contribution in [-0.4, -0.2) is 46.8 Å². The van der Waals surface area contributed by atoms with E-state index in [1.165, 1.54) is 43.5 Å². The van der Waals surface area contributed by atoms with Crippen molar-refractivity contribution in [1.82, 2.24) is 14.7 Å². The van der Waals surface area contributed by atoms with Crippen molar-refractivity contribution in [3.05, 3.63) is 64.5 Å². The third kappa shape index (κ3) is 5.37. The third-order valence-corrected chi connectivity index (χ3v) is 6.19. The quantitative estimate of drug-likeness (QED) is 0.489. The summed E-state index contributed by atoms with van der Waals surface area (Å²) in [5, 5.41) is 7.20. The molecule has 8 heteroatoms. The summed E-state index contributed by atoms with van der Waals surface area (Å²) in [7, 11) is 1.86. The summed E-state index contributed by atoms with van der Waals surface area (Å²) in [6, 6.07) is 11.0. The molecule has 0 saturated carbocycles. The fraction of sp³-hybridized carbons (Fsp3) is 0.333. The number of benzene rings is 2. The standard InChI is InChI=1S/C24H26BrFN4O2/c1-29-23(21(25)16-27-29)20-15-19(28-24(31)17-5-7-18(26)8-6-17)9-10-22(20)32-14-13-30-11-3-2-4-12-30/h5-10,15-16H,2-4,11-14H2,1H3,(H,28,31). The number of aryl methyl sites for hydroxylation is 1. The first-order chi connectivity index (χ1) is 15.5. The smallest absolute Gasteiger partial charge is 0.255 e. The van der Waals surface area contributed by atoms with Crippen LogP contribution in [-0.2, 0) is 7.05 Å². The Bertz CT molecular complexity index is 1060. The molecule has 0 spiro atoms. The maximum absolute atomic E-state index is 13.2. The first kappa shape index (κ1) is 22.5. The molecular weight excluding hydrogens is 475 g/mol. The minimum Gasteiger partial charge on any atom is -0.492 e. The molecule has 1 fully saturated rings. The van der Waals surface area contributed by atoms with E-state index in [1.807, 2.05) is 25.2 Å². The number of piperidine rings is 1. The maximum atomic E-state index is 13.2. The summed E-state index contributed by atoms with van der Waals surface area (Å²) in [6.07, 6.45) is 5.53. The monoisotopic (exact) mass is 500 g/mol. The second-order valence-electron chi connectivity index (χ2n) is 7.89. The van der Waals surface area contributed by atoms with Gasteiger partial charge in [0.25, 0.3) is 5.91 Å². The first-order valence-electron chi connectivity index (χ1n) is 10.8. The van der Waals surface area contributed by atoms with Gasteiger partial charge in [0.05, 0.1) is 16.4 Å². The Kier molecular flexibility index (Phi) is 7.22. The van der Waals surface area contributed by atoms with E-state index in [4.69, 9.17) is 4.74 Å². The second-order valence-corrected chi connectivity index (χ2v) is 8.74. The number of anilines is 1. The Morgan fingerprint density at radius 2 is 1.91 bits per heavy atom. The number of carbonyl (C=O) groups is 1. The molecule has 6 nitrogen and oxygen atoms in total. The van der Waals surface area contributed by atoms with Crippen LogP contribution in [0.3, 0.4) is 0 Å². The number of rotatable bonds is 7. The Labute approximate surface area is 195 Å². The van der Waals surface area contributed by atoms with E-state index in [2.05, 4.69) is 31.2 Å². The molecule has 1 aliphatic heterocycles. The lowest BCUT2D eigenvalue weighted by Gasteiger charge is -2.26. The third-order valence-electron chi connectivity index (χ3n) is 5.61. The van der Waals surface area contributed by atoms with Crippen molar-refractivity contribution in [3.8, 4) is 17.0 Å². The minimum atomic E-state index is -0.379. The van der Waals surface area contributed by atoms with Gasteiger partial charge in [-0.05, 0) is 84.3 Å². The zero-order valence-electron chi connectivity index (χ0n) is 18.0. The van der Waals surface area contributed by atoms with Gasteiger partial charge in [0.2, 0.25) is 0 Å². The largest absolute Gasteiger partial charge is 0.492 e. The summed E-state index contributed by atoms with van der Waals surface area (Å²) in [6.45, 7) is 3.72. The number of hydrogen-bond acceptors (Lipinski definition) is 4. The average Bonchev–Trinajstić information content (AvgIpc) is 3.13. The highest BCUT2D eigenvalue weighted by atomic mass is 79.9. The number of nitrogens with zero attached hydrogens (tertiary/aromatic N) is 3. The van der Waals surface area contributed by atoms with Gasteiger partial charge in [-0.2, -0.15) is 5.10 Å². The van der Waals surface area contributed by atoms with Crippen LogP contribution in [0.15, 0.2) is 53.1 Å². The normalized spacial score (nSPS) is 14.3. The molecule has 1 saturated heterocycles. The first-order valence-corrected chi connectivity index (χ1v) is 11.5. The Morgan fingerprint density at radius 1 is 1.16 bits per heavy atom. The van der Waals surface area contributed by atoms with Crippen LogP contribution >= 0.6 is 15.9 Å². The lowest BCUT2D eigenvalue weighted by atomic mass is 10.1. The Balaban J connectivity index is 1.54. The molecule has 0 unspecified atom stereocenters. The molecule has 1 amide bonds. The predicted molar refractivity (Wildman–Crippen MR) is 126 cm³/mol. The molecular formula is C24H26BrFN4O2. The Hall–Kier alpha value is -2.71. The van der Waals surface area contributed by atoms with Crippen LogP contribution in [0.1, 0.15) is 29.6 Å². The van der Waals surface area contributed by atoms with E-state index in [9.17, 15) is 9.18 Å². The molecule has 168 valence electrons. The summed E-state index contributed by atoms with van der Waals surface area (Å²) in [4.78, 5) is 15.0. The van der Waals surface area contributed by atoms with Crippen LogP contribution in [0, 0.1) is 5.82 Å². The van der Waals surface area contributed by atoms with Crippen LogP contribution in [0.25, 0.3) is 11.3 Å². The Morgan fingerprint density at radius 3 is 2.59 bits per heavy atom. The highest BCUT2D eigenvalue weighted by Crippen LogP contribution is 2.36. The molecule has 0 radical (unpaired) electrons. The molecule has 1 aromatic heterocycles. The van der Waals surface area contributed by atoms with Gasteiger partial charge in [-0.3, -0.25) is 14.4 Å². The van der Waals surface area contributed by atoms with Crippen molar-refractivity contribution < 1.29 is 13.9 Å². The molecule has 3 aromatic rings. The topological polar surface area (TPSA) is 59.4 Å². The number of nitrogens with one attached hydrogen (secondary N) is 1. The van der Waals surface area contributed by atoms with E-state index in [0.717, 1.165) is 41.1 Å². The van der Waals surface area contributed by atoms with Crippen molar-refractivity contribution in [1.29, 1.82) is 0 Å². The molecule has 4 rings (SSSR count). The average molecular weight is 501 g/mol. The number of hydrogen-bond donors (Lipinski definition) is 1. The predicted octanol–water partition coefficient (Wildman–Crippen LogP) is 5.11. The van der Waals surface area contributed by atoms with Crippen molar-refractivity contribution in [3.63, 3.8) is 0 Å². The summed E-state index contributed by atoms with van der Waals surface area (Å²) >= 11 is 3.57. The fourth-order valence-electron chi connectivity index (χ4n) is 3.90. The van der Waals surface area contributed by atoms with Gasteiger partial charge in [0, 0.05) is 30.4 Å². The van der Waals surface area contributed by atoms with Gasteiger partial charge in [0.15, 0.2) is 0 Å². The molecule has 2 aromatic carbocycles. The molecule has 0 bridgehead atoms. The van der Waals surface area contributed by atoms with Crippen molar-refractivity contribution in [2.45, 2.75) is 19.3 Å². The lowest BCUT2D eigenvalue weighted by Crippen LogP contribution is -2.33. The number of halogens is 2. The zero-order chi connectivity index (χ0) is 22.5. The summed E-state index contributed by atoms with van der Waals surface area (Å²) < 4.78 is 21.9. The lowest BCUT2D eigenvalue weighted by molar-refractivity contribution is 0.102. The fourth-order valence-corrected chi connectivity index (χ4v) is 4.47. The van der Waals surface area contributed by atoms with E-state index in [0.29, 0.717) is 17.9 Å². The van der Waals surface area contributed by atoms with Gasteiger partial charge >= 0.3 is 0 Å². The molecule has 2 heterocycles. The van der Waals surface area contributed by atoms with E-state index >= 15 is 0 Å². The summed E-state index contributed by atoms with van der Waals surface area (Å²) in [5.74, 6) is 0.0424. The van der Waals surface area contributed by atoms with E-state index < -0.39 is 0 Å². The van der Waals surface area contributed by atoms with Crippen molar-refractivity contribution >= 4 is 27.5 Å². The van der Waals surface area contributed by atoms with Gasteiger partial charge in [-0.1, -0.05) is 6.42 Å². The van der Waals surface area contributed by atoms with Gasteiger partial charge in [-0.15, -0.1) is 0 Å². The van der Waals surface area contributed by atoms with Crippen LogP contribution < -0.4 is 10.1 Å². The highest BCUT2D eigenvalue weighted by molar-refractivity contribution is 9.10. The number of amides is 1. The minimum absolute atomic E-state index is 0.307. The van der Waals surface area contributed by atoms with Crippen molar-refractivity contribution in [2.75, 3.05) is 31.6 Å². The van der Waals surface area contributed by atoms with Gasteiger partial charge in [0.1, 0.15) is 18.2 Å². The number of ether oxygens (including phenoxy) is 1. The molecule has 0 atom stereocenters.